The molecule has 0 saturated carbocycles. The highest BCUT2D eigenvalue weighted by molar-refractivity contribution is 7.15. The minimum absolute atomic E-state index is 0.0263. The maximum Gasteiger partial charge on any atom is 0.321 e. The van der Waals surface area contributed by atoms with E-state index in [1.807, 2.05) is 18.2 Å². The quantitative estimate of drug-likeness (QED) is 0.636. The van der Waals surface area contributed by atoms with Gasteiger partial charge in [-0.3, -0.25) is 10.1 Å². The van der Waals surface area contributed by atoms with E-state index in [4.69, 9.17) is 5.11 Å². The van der Waals surface area contributed by atoms with Gasteiger partial charge in [-0.1, -0.05) is 48.6 Å². The lowest BCUT2D eigenvalue weighted by atomic mass is 9.97. The first-order valence-electron chi connectivity index (χ1n) is 7.75. The van der Waals surface area contributed by atoms with Gasteiger partial charge in [-0.15, -0.1) is 10.2 Å². The highest BCUT2D eigenvalue weighted by Gasteiger charge is 2.17. The van der Waals surface area contributed by atoms with Crippen LogP contribution in [0.4, 0.5) is 9.93 Å². The summed E-state index contributed by atoms with van der Waals surface area (Å²) < 4.78 is 0. The van der Waals surface area contributed by atoms with Gasteiger partial charge in [-0.25, -0.2) is 4.79 Å². The number of aliphatic carboxylic acids is 1. The molecule has 1 heterocycles. The van der Waals surface area contributed by atoms with Gasteiger partial charge in [-0.2, -0.15) is 0 Å². The van der Waals surface area contributed by atoms with Crippen LogP contribution in [0.2, 0.25) is 0 Å². The predicted molar refractivity (Wildman–Crippen MR) is 92.4 cm³/mol. The lowest BCUT2D eigenvalue weighted by Crippen LogP contribution is -2.29. The lowest BCUT2D eigenvalue weighted by molar-refractivity contribution is -0.137. The Kier molecular flexibility index (Phi) is 6.68. The Bertz CT molecular complexity index is 675. The van der Waals surface area contributed by atoms with Gasteiger partial charge in [-0.05, 0) is 18.4 Å². The van der Waals surface area contributed by atoms with E-state index in [0.717, 1.165) is 11.4 Å². The number of hydrogen-bond donors (Lipinski definition) is 3. The van der Waals surface area contributed by atoms with E-state index < -0.39 is 12.0 Å². The monoisotopic (exact) mass is 348 g/mol. The molecule has 128 valence electrons. The molecule has 3 N–H and O–H groups in total. The lowest BCUT2D eigenvalue weighted by Gasteiger charge is -2.11. The zero-order valence-electron chi connectivity index (χ0n) is 13.4. The van der Waals surface area contributed by atoms with Crippen molar-refractivity contribution in [3.05, 3.63) is 40.9 Å². The number of nitrogens with zero attached hydrogens (tertiary/aromatic N) is 2. The third-order valence-corrected chi connectivity index (χ3v) is 4.37. The standard InChI is InChI=1S/C16H20N4O3S/c1-2-12(11-7-4-3-5-8-11)14-19-20-16(24-14)18-15(23)17-10-6-9-13(21)22/h3-5,7-8,12H,2,6,9-10H2,1H3,(H,21,22)(H2,17,18,20,23). The molecular formula is C16H20N4O3S. The summed E-state index contributed by atoms with van der Waals surface area (Å²) >= 11 is 1.34. The van der Waals surface area contributed by atoms with Crippen molar-refractivity contribution in [3.8, 4) is 0 Å². The molecule has 8 heteroatoms. The van der Waals surface area contributed by atoms with Crippen molar-refractivity contribution >= 4 is 28.5 Å². The Morgan fingerprint density at radius 1 is 1.25 bits per heavy atom. The average molecular weight is 348 g/mol. The predicted octanol–water partition coefficient (Wildman–Crippen LogP) is 3.07. The van der Waals surface area contributed by atoms with Gasteiger partial charge in [0.25, 0.3) is 0 Å². The highest BCUT2D eigenvalue weighted by Crippen LogP contribution is 2.31. The van der Waals surface area contributed by atoms with Gasteiger partial charge >= 0.3 is 12.0 Å². The summed E-state index contributed by atoms with van der Waals surface area (Å²) in [5.41, 5.74) is 1.17. The maximum absolute atomic E-state index is 11.7. The minimum Gasteiger partial charge on any atom is -0.481 e. The van der Waals surface area contributed by atoms with Gasteiger partial charge in [0.15, 0.2) is 0 Å². The van der Waals surface area contributed by atoms with E-state index in [0.29, 0.717) is 18.1 Å². The Labute approximate surface area is 144 Å². The number of carboxylic acids is 1. The number of anilines is 1. The number of urea groups is 1. The first-order valence-corrected chi connectivity index (χ1v) is 8.56. The third kappa shape index (κ3) is 5.31. The molecule has 24 heavy (non-hydrogen) atoms. The highest BCUT2D eigenvalue weighted by atomic mass is 32.1. The number of amides is 2. The van der Waals surface area contributed by atoms with Crippen molar-refractivity contribution in [1.29, 1.82) is 0 Å². The van der Waals surface area contributed by atoms with Crippen LogP contribution in [-0.2, 0) is 4.79 Å². The van der Waals surface area contributed by atoms with Crippen LogP contribution in [0.15, 0.2) is 30.3 Å². The normalized spacial score (nSPS) is 11.7. The molecule has 0 bridgehead atoms. The Balaban J connectivity index is 1.90. The van der Waals surface area contributed by atoms with Crippen LogP contribution in [0.5, 0.6) is 0 Å². The van der Waals surface area contributed by atoms with E-state index in [1.165, 1.54) is 16.9 Å². The molecule has 1 aromatic carbocycles. The zero-order chi connectivity index (χ0) is 17.4. The second-order valence-electron chi connectivity index (χ2n) is 5.20. The molecule has 2 amide bonds. The van der Waals surface area contributed by atoms with Crippen LogP contribution in [0.3, 0.4) is 0 Å². The van der Waals surface area contributed by atoms with Crippen molar-refractivity contribution in [2.24, 2.45) is 0 Å². The maximum atomic E-state index is 11.7. The topological polar surface area (TPSA) is 104 Å². The van der Waals surface area contributed by atoms with Gasteiger partial charge in [0.05, 0.1) is 0 Å². The van der Waals surface area contributed by atoms with E-state index in [9.17, 15) is 9.59 Å². The van der Waals surface area contributed by atoms with E-state index in [1.54, 1.807) is 0 Å². The summed E-state index contributed by atoms with van der Waals surface area (Å²) in [7, 11) is 0. The van der Waals surface area contributed by atoms with Crippen LogP contribution < -0.4 is 10.6 Å². The third-order valence-electron chi connectivity index (χ3n) is 3.42. The summed E-state index contributed by atoms with van der Waals surface area (Å²) in [5, 5.41) is 23.2. The zero-order valence-corrected chi connectivity index (χ0v) is 14.2. The van der Waals surface area contributed by atoms with Crippen molar-refractivity contribution in [1.82, 2.24) is 15.5 Å². The number of rotatable bonds is 8. The molecule has 0 aliphatic heterocycles. The molecule has 2 rings (SSSR count). The minimum atomic E-state index is -0.877. The molecule has 0 radical (unpaired) electrons. The van der Waals surface area contributed by atoms with E-state index >= 15 is 0 Å². The van der Waals surface area contributed by atoms with Crippen LogP contribution in [0.25, 0.3) is 0 Å². The van der Waals surface area contributed by atoms with E-state index in [2.05, 4.69) is 39.9 Å². The summed E-state index contributed by atoms with van der Waals surface area (Å²) in [6, 6.07) is 9.65. The molecule has 1 unspecified atom stereocenters. The molecule has 2 aromatic rings. The van der Waals surface area contributed by atoms with Crippen LogP contribution in [0.1, 0.15) is 42.7 Å². The van der Waals surface area contributed by atoms with E-state index in [-0.39, 0.29) is 12.3 Å². The molecule has 0 saturated heterocycles. The van der Waals surface area contributed by atoms with Crippen LogP contribution in [-0.4, -0.2) is 33.8 Å². The van der Waals surface area contributed by atoms with Crippen LogP contribution in [0, 0.1) is 0 Å². The number of carboxylic acid groups (broad SMARTS) is 1. The Morgan fingerprint density at radius 2 is 2.00 bits per heavy atom. The fraction of sp³-hybridized carbons (Fsp3) is 0.375. The number of carbonyl (C=O) groups excluding carboxylic acids is 1. The van der Waals surface area contributed by atoms with Crippen molar-refractivity contribution in [2.45, 2.75) is 32.1 Å². The molecule has 1 atom stereocenters. The molecule has 7 nitrogen and oxygen atoms in total. The Hall–Kier alpha value is -2.48. The number of aromatic nitrogens is 2. The number of carbonyl (C=O) groups is 2. The molecule has 0 aliphatic rings. The molecule has 0 spiro atoms. The van der Waals surface area contributed by atoms with Gasteiger partial charge in [0, 0.05) is 18.9 Å². The second kappa shape index (κ2) is 8.97. The molecular weight excluding hydrogens is 328 g/mol. The number of benzene rings is 1. The Morgan fingerprint density at radius 3 is 2.67 bits per heavy atom. The summed E-state index contributed by atoms with van der Waals surface area (Å²) in [4.78, 5) is 22.1. The van der Waals surface area contributed by atoms with Crippen molar-refractivity contribution in [3.63, 3.8) is 0 Å². The first kappa shape index (κ1) is 17.9. The molecule has 1 aromatic heterocycles. The van der Waals surface area contributed by atoms with Crippen molar-refractivity contribution in [2.75, 3.05) is 11.9 Å². The van der Waals surface area contributed by atoms with Crippen molar-refractivity contribution < 1.29 is 14.7 Å². The molecule has 0 aliphatic carbocycles. The van der Waals surface area contributed by atoms with Crippen LogP contribution >= 0.6 is 11.3 Å². The second-order valence-corrected chi connectivity index (χ2v) is 6.20. The summed E-state index contributed by atoms with van der Waals surface area (Å²) in [6.07, 6.45) is 1.30. The SMILES string of the molecule is CCC(c1ccccc1)c1nnc(NC(=O)NCCCC(=O)O)s1. The largest absolute Gasteiger partial charge is 0.481 e. The van der Waals surface area contributed by atoms with Gasteiger partial charge in [0.2, 0.25) is 5.13 Å². The van der Waals surface area contributed by atoms with Gasteiger partial charge < -0.3 is 10.4 Å². The summed E-state index contributed by atoms with van der Waals surface area (Å²) in [6.45, 7) is 2.38. The fourth-order valence-corrected chi connectivity index (χ4v) is 3.20. The number of nitrogens with one attached hydrogen (secondary N) is 2. The summed E-state index contributed by atoms with van der Waals surface area (Å²) in [5.74, 6) is -0.727. The smallest absolute Gasteiger partial charge is 0.321 e. The first-order chi connectivity index (χ1) is 11.6. The van der Waals surface area contributed by atoms with Gasteiger partial charge in [0.1, 0.15) is 5.01 Å². The molecule has 0 fully saturated rings. The average Bonchev–Trinajstić information content (AvgIpc) is 3.01. The fourth-order valence-electron chi connectivity index (χ4n) is 2.25. The number of hydrogen-bond acceptors (Lipinski definition) is 5.